The van der Waals surface area contributed by atoms with Crippen molar-refractivity contribution in [2.45, 2.75) is 18.9 Å². The van der Waals surface area contributed by atoms with Crippen molar-refractivity contribution in [2.24, 2.45) is 0 Å². The largest absolute Gasteiger partial charge is 0.309 e. The quantitative estimate of drug-likeness (QED) is 0.802. The van der Waals surface area contributed by atoms with Crippen molar-refractivity contribution in [3.05, 3.63) is 36.3 Å². The minimum Gasteiger partial charge on any atom is -0.309 e. The summed E-state index contributed by atoms with van der Waals surface area (Å²) in [5.41, 5.74) is 3.26. The molecule has 0 aliphatic carbocycles. The molecule has 4 heteroatoms. The molecule has 4 nitrogen and oxygen atoms in total. The Morgan fingerprint density at radius 2 is 2.31 bits per heavy atom. The molecular formula is C12H14N4. The molecular weight excluding hydrogens is 200 g/mol. The Balaban J connectivity index is 1.99. The predicted molar refractivity (Wildman–Crippen MR) is 61.8 cm³/mol. The summed E-state index contributed by atoms with van der Waals surface area (Å²) in [4.78, 5) is 4.37. The lowest BCUT2D eigenvalue weighted by Crippen LogP contribution is -2.14. The van der Waals surface area contributed by atoms with Crippen molar-refractivity contribution in [3.63, 3.8) is 0 Å². The highest BCUT2D eigenvalue weighted by Crippen LogP contribution is 2.29. The first-order chi connectivity index (χ1) is 7.95. The number of hydrogen-bond donors (Lipinski definition) is 2. The Morgan fingerprint density at radius 3 is 3.06 bits per heavy atom. The van der Waals surface area contributed by atoms with Gasteiger partial charge in [0.15, 0.2) is 0 Å². The van der Waals surface area contributed by atoms with Gasteiger partial charge >= 0.3 is 0 Å². The molecule has 82 valence electrons. The molecule has 1 aliphatic rings. The Hall–Kier alpha value is -1.68. The van der Waals surface area contributed by atoms with Crippen molar-refractivity contribution in [1.82, 2.24) is 20.5 Å². The van der Waals surface area contributed by atoms with Gasteiger partial charge in [-0.15, -0.1) is 0 Å². The molecule has 1 saturated heterocycles. The van der Waals surface area contributed by atoms with Crippen LogP contribution in [0, 0.1) is 0 Å². The van der Waals surface area contributed by atoms with Gasteiger partial charge in [-0.25, -0.2) is 0 Å². The van der Waals surface area contributed by atoms with E-state index in [4.69, 9.17) is 0 Å². The zero-order valence-electron chi connectivity index (χ0n) is 8.98. The van der Waals surface area contributed by atoms with Gasteiger partial charge in [0.05, 0.1) is 17.6 Å². The number of rotatable bonds is 2. The molecule has 3 heterocycles. The number of nitrogens with one attached hydrogen (secondary N) is 2. The lowest BCUT2D eigenvalue weighted by Gasteiger charge is -2.09. The van der Waals surface area contributed by atoms with E-state index < -0.39 is 0 Å². The van der Waals surface area contributed by atoms with Gasteiger partial charge in [0.2, 0.25) is 0 Å². The van der Waals surface area contributed by atoms with Gasteiger partial charge in [-0.2, -0.15) is 5.10 Å². The first kappa shape index (κ1) is 9.54. The van der Waals surface area contributed by atoms with Crippen LogP contribution in [0.15, 0.2) is 30.6 Å². The molecule has 2 aromatic rings. The number of hydrogen-bond acceptors (Lipinski definition) is 3. The minimum absolute atomic E-state index is 0.402. The molecule has 3 rings (SSSR count). The van der Waals surface area contributed by atoms with E-state index in [0.29, 0.717) is 6.04 Å². The summed E-state index contributed by atoms with van der Waals surface area (Å²) in [6, 6.07) is 6.35. The van der Waals surface area contributed by atoms with E-state index in [-0.39, 0.29) is 0 Å². The summed E-state index contributed by atoms with van der Waals surface area (Å²) < 4.78 is 0. The zero-order chi connectivity index (χ0) is 10.8. The second-order valence-electron chi connectivity index (χ2n) is 4.06. The monoisotopic (exact) mass is 214 g/mol. The highest BCUT2D eigenvalue weighted by Gasteiger charge is 2.21. The molecule has 0 amide bonds. The van der Waals surface area contributed by atoms with Gasteiger partial charge in [0, 0.05) is 17.8 Å². The third-order valence-electron chi connectivity index (χ3n) is 3.02. The van der Waals surface area contributed by atoms with E-state index in [9.17, 15) is 0 Å². The fourth-order valence-electron chi connectivity index (χ4n) is 2.22. The molecule has 1 unspecified atom stereocenters. The van der Waals surface area contributed by atoms with E-state index in [0.717, 1.165) is 23.5 Å². The van der Waals surface area contributed by atoms with Crippen LogP contribution in [-0.4, -0.2) is 21.7 Å². The zero-order valence-corrected chi connectivity index (χ0v) is 8.98. The summed E-state index contributed by atoms with van der Waals surface area (Å²) >= 11 is 0. The Kier molecular flexibility index (Phi) is 2.42. The van der Waals surface area contributed by atoms with Crippen molar-refractivity contribution in [1.29, 1.82) is 0 Å². The predicted octanol–water partition coefficient (Wildman–Crippen LogP) is 1.90. The third kappa shape index (κ3) is 1.61. The van der Waals surface area contributed by atoms with E-state index in [2.05, 4.69) is 20.5 Å². The molecule has 0 spiro atoms. The summed E-state index contributed by atoms with van der Waals surface area (Å²) in [5, 5.41) is 10.7. The van der Waals surface area contributed by atoms with E-state index in [1.807, 2.05) is 30.6 Å². The second-order valence-corrected chi connectivity index (χ2v) is 4.06. The average Bonchev–Trinajstić information content (AvgIpc) is 3.01. The number of H-pyrrole nitrogens is 1. The van der Waals surface area contributed by atoms with Crippen molar-refractivity contribution >= 4 is 0 Å². The standard InChI is InChI=1S/C12H14N4/c1-2-6-13-10(4-1)9-8-15-16-12(9)11-5-3-7-14-11/h1-2,4,6,8,11,14H,3,5,7H2,(H,15,16). The maximum absolute atomic E-state index is 4.37. The van der Waals surface area contributed by atoms with Crippen molar-refractivity contribution in [2.75, 3.05) is 6.54 Å². The van der Waals surface area contributed by atoms with Crippen molar-refractivity contribution in [3.8, 4) is 11.3 Å². The fraction of sp³-hybridized carbons (Fsp3) is 0.333. The van der Waals surface area contributed by atoms with Gasteiger partial charge in [0.25, 0.3) is 0 Å². The molecule has 0 aromatic carbocycles. The summed E-state index contributed by atoms with van der Waals surface area (Å²) in [6.45, 7) is 1.09. The molecule has 16 heavy (non-hydrogen) atoms. The van der Waals surface area contributed by atoms with Crippen LogP contribution in [0.25, 0.3) is 11.3 Å². The van der Waals surface area contributed by atoms with E-state index in [1.165, 1.54) is 12.8 Å². The van der Waals surface area contributed by atoms with Crippen LogP contribution in [-0.2, 0) is 0 Å². The van der Waals surface area contributed by atoms with Crippen LogP contribution in [0.2, 0.25) is 0 Å². The van der Waals surface area contributed by atoms with Crippen LogP contribution in [0.4, 0.5) is 0 Å². The number of aromatic nitrogens is 3. The van der Waals surface area contributed by atoms with Gasteiger partial charge in [-0.05, 0) is 31.5 Å². The lowest BCUT2D eigenvalue weighted by atomic mass is 10.1. The van der Waals surface area contributed by atoms with Crippen LogP contribution in [0.3, 0.4) is 0 Å². The Bertz CT molecular complexity index is 457. The summed E-state index contributed by atoms with van der Waals surface area (Å²) in [5.74, 6) is 0. The smallest absolute Gasteiger partial charge is 0.0736 e. The molecule has 1 aliphatic heterocycles. The number of pyridine rings is 1. The molecule has 0 saturated carbocycles. The maximum Gasteiger partial charge on any atom is 0.0736 e. The molecule has 2 aromatic heterocycles. The summed E-state index contributed by atoms with van der Waals surface area (Å²) in [6.07, 6.45) is 6.07. The average molecular weight is 214 g/mol. The Morgan fingerprint density at radius 1 is 1.31 bits per heavy atom. The van der Waals surface area contributed by atoms with Gasteiger partial charge in [-0.3, -0.25) is 10.1 Å². The van der Waals surface area contributed by atoms with Gasteiger partial charge in [-0.1, -0.05) is 6.07 Å². The molecule has 0 radical (unpaired) electrons. The lowest BCUT2D eigenvalue weighted by molar-refractivity contribution is 0.626. The van der Waals surface area contributed by atoms with Crippen LogP contribution >= 0.6 is 0 Å². The van der Waals surface area contributed by atoms with E-state index in [1.54, 1.807) is 0 Å². The molecule has 1 atom stereocenters. The summed E-state index contributed by atoms with van der Waals surface area (Å²) in [7, 11) is 0. The molecule has 0 bridgehead atoms. The SMILES string of the molecule is c1ccc(-c2cn[nH]c2C2CCCN2)nc1. The van der Waals surface area contributed by atoms with Gasteiger partial charge < -0.3 is 5.32 Å². The second kappa shape index (κ2) is 4.06. The van der Waals surface area contributed by atoms with Gasteiger partial charge in [0.1, 0.15) is 0 Å². The molecule has 2 N–H and O–H groups in total. The Labute approximate surface area is 94.1 Å². The highest BCUT2D eigenvalue weighted by molar-refractivity contribution is 5.61. The minimum atomic E-state index is 0.402. The van der Waals surface area contributed by atoms with Crippen molar-refractivity contribution < 1.29 is 0 Å². The highest BCUT2D eigenvalue weighted by atomic mass is 15.1. The number of nitrogens with zero attached hydrogens (tertiary/aromatic N) is 2. The van der Waals surface area contributed by atoms with Crippen LogP contribution in [0.1, 0.15) is 24.6 Å². The first-order valence-corrected chi connectivity index (χ1v) is 5.63. The van der Waals surface area contributed by atoms with E-state index >= 15 is 0 Å². The topological polar surface area (TPSA) is 53.6 Å². The number of aromatic amines is 1. The van der Waals surface area contributed by atoms with Crippen LogP contribution in [0.5, 0.6) is 0 Å². The normalized spacial score (nSPS) is 20.1. The molecule has 1 fully saturated rings. The van der Waals surface area contributed by atoms with Crippen LogP contribution < -0.4 is 5.32 Å². The maximum atomic E-state index is 4.37. The third-order valence-corrected chi connectivity index (χ3v) is 3.02. The fourth-order valence-corrected chi connectivity index (χ4v) is 2.22. The first-order valence-electron chi connectivity index (χ1n) is 5.63.